The van der Waals surface area contributed by atoms with Gasteiger partial charge in [-0.1, -0.05) is 42.4 Å². The van der Waals surface area contributed by atoms with Crippen LogP contribution in [0.4, 0.5) is 0 Å². The second-order valence-electron chi connectivity index (χ2n) is 5.34. The zero-order valence-corrected chi connectivity index (χ0v) is 12.5. The Bertz CT molecular complexity index is 570. The molecule has 0 bridgehead atoms. The molecule has 0 spiro atoms. The fraction of sp³-hybridized carbons (Fsp3) is 0.500. The van der Waals surface area contributed by atoms with Gasteiger partial charge in [-0.15, -0.1) is 0 Å². The monoisotopic (exact) mass is 287 g/mol. The summed E-state index contributed by atoms with van der Waals surface area (Å²) in [6.07, 6.45) is 0.905. The zero-order valence-electron chi connectivity index (χ0n) is 12.5. The number of morpholine rings is 1. The molecule has 1 aliphatic rings. The van der Waals surface area contributed by atoms with Crippen LogP contribution in [0.2, 0.25) is 0 Å². The first-order valence-electron chi connectivity index (χ1n) is 7.51. The minimum atomic E-state index is 0.107. The quantitative estimate of drug-likeness (QED) is 0.865. The van der Waals surface area contributed by atoms with Crippen LogP contribution in [0.3, 0.4) is 0 Å². The van der Waals surface area contributed by atoms with Crippen LogP contribution in [0.15, 0.2) is 34.9 Å². The third kappa shape index (κ3) is 3.14. The highest BCUT2D eigenvalue weighted by Gasteiger charge is 2.28. The predicted octanol–water partition coefficient (Wildman–Crippen LogP) is 2.77. The van der Waals surface area contributed by atoms with Gasteiger partial charge in [0.15, 0.2) is 5.82 Å². The molecule has 1 fully saturated rings. The number of aryl methyl sites for hydroxylation is 1. The van der Waals surface area contributed by atoms with Crippen molar-refractivity contribution in [2.75, 3.05) is 19.7 Å². The van der Waals surface area contributed by atoms with Crippen molar-refractivity contribution < 1.29 is 9.26 Å². The molecule has 2 atom stereocenters. The molecule has 1 aromatic carbocycles. The van der Waals surface area contributed by atoms with Crippen LogP contribution in [-0.4, -0.2) is 34.7 Å². The van der Waals surface area contributed by atoms with Crippen molar-refractivity contribution in [1.29, 1.82) is 0 Å². The number of ether oxygens (including phenoxy) is 1. The van der Waals surface area contributed by atoms with Crippen LogP contribution < -0.4 is 0 Å². The topological polar surface area (TPSA) is 51.4 Å². The first-order chi connectivity index (χ1) is 10.3. The molecule has 2 unspecified atom stereocenters. The molecule has 1 saturated heterocycles. The van der Waals surface area contributed by atoms with Crippen molar-refractivity contribution in [2.24, 2.45) is 0 Å². The van der Waals surface area contributed by atoms with E-state index in [1.807, 2.05) is 25.1 Å². The van der Waals surface area contributed by atoms with Gasteiger partial charge in [0.25, 0.3) is 0 Å². The Morgan fingerprint density at radius 2 is 2.14 bits per heavy atom. The Balaban J connectivity index is 1.70. The lowest BCUT2D eigenvalue weighted by atomic mass is 10.1. The van der Waals surface area contributed by atoms with Crippen molar-refractivity contribution in [3.8, 4) is 0 Å². The van der Waals surface area contributed by atoms with Gasteiger partial charge in [-0.05, 0) is 12.5 Å². The highest BCUT2D eigenvalue weighted by atomic mass is 16.5. The van der Waals surface area contributed by atoms with E-state index in [4.69, 9.17) is 9.26 Å². The summed E-state index contributed by atoms with van der Waals surface area (Å²) in [7, 11) is 0. The zero-order chi connectivity index (χ0) is 14.7. The molecular weight excluding hydrogens is 266 g/mol. The molecule has 0 N–H and O–H groups in total. The maximum Gasteiger partial charge on any atom is 0.243 e. The largest absolute Gasteiger partial charge is 0.371 e. The number of benzene rings is 1. The molecule has 5 nitrogen and oxygen atoms in total. The van der Waals surface area contributed by atoms with Gasteiger partial charge in [-0.2, -0.15) is 4.98 Å². The van der Waals surface area contributed by atoms with E-state index in [0.717, 1.165) is 31.9 Å². The molecule has 0 saturated carbocycles. The summed E-state index contributed by atoms with van der Waals surface area (Å²) < 4.78 is 11.3. The molecular formula is C16H21N3O2. The lowest BCUT2D eigenvalue weighted by Gasteiger charge is -2.35. The Morgan fingerprint density at radius 3 is 2.86 bits per heavy atom. The molecule has 1 aliphatic heterocycles. The normalized spacial score (nSPS) is 21.3. The molecule has 5 heteroatoms. The number of nitrogens with zero attached hydrogens (tertiary/aromatic N) is 3. The molecule has 0 amide bonds. The average Bonchev–Trinajstić information content (AvgIpc) is 3.04. The van der Waals surface area contributed by atoms with Gasteiger partial charge >= 0.3 is 0 Å². The highest BCUT2D eigenvalue weighted by Crippen LogP contribution is 2.27. The second kappa shape index (κ2) is 6.37. The van der Waals surface area contributed by atoms with Gasteiger partial charge in [-0.25, -0.2) is 0 Å². The second-order valence-corrected chi connectivity index (χ2v) is 5.34. The van der Waals surface area contributed by atoms with E-state index in [-0.39, 0.29) is 12.1 Å². The van der Waals surface area contributed by atoms with Crippen LogP contribution in [0.1, 0.15) is 43.3 Å². The van der Waals surface area contributed by atoms with E-state index in [1.165, 1.54) is 5.56 Å². The molecule has 1 aromatic heterocycles. The van der Waals surface area contributed by atoms with Crippen molar-refractivity contribution in [3.05, 3.63) is 47.6 Å². The molecule has 2 aromatic rings. The molecule has 3 rings (SSSR count). The minimum absolute atomic E-state index is 0.107. The number of aromatic nitrogens is 2. The summed E-state index contributed by atoms with van der Waals surface area (Å²) in [5, 5.41) is 3.98. The highest BCUT2D eigenvalue weighted by molar-refractivity contribution is 5.18. The van der Waals surface area contributed by atoms with Crippen molar-refractivity contribution in [3.63, 3.8) is 0 Å². The average molecular weight is 287 g/mol. The van der Waals surface area contributed by atoms with Crippen LogP contribution in [0.5, 0.6) is 0 Å². The Hall–Kier alpha value is -1.72. The third-order valence-electron chi connectivity index (χ3n) is 3.97. The lowest BCUT2D eigenvalue weighted by molar-refractivity contribution is -0.0469. The maximum absolute atomic E-state index is 5.90. The van der Waals surface area contributed by atoms with Gasteiger partial charge in [0.2, 0.25) is 5.89 Å². The van der Waals surface area contributed by atoms with E-state index in [9.17, 15) is 0 Å². The molecule has 0 radical (unpaired) electrons. The third-order valence-corrected chi connectivity index (χ3v) is 3.97. The van der Waals surface area contributed by atoms with Gasteiger partial charge < -0.3 is 9.26 Å². The minimum Gasteiger partial charge on any atom is -0.371 e. The van der Waals surface area contributed by atoms with Gasteiger partial charge in [-0.3, -0.25) is 4.90 Å². The fourth-order valence-electron chi connectivity index (χ4n) is 2.63. The lowest BCUT2D eigenvalue weighted by Crippen LogP contribution is -2.40. The molecule has 112 valence electrons. The van der Waals surface area contributed by atoms with Crippen molar-refractivity contribution in [2.45, 2.75) is 32.4 Å². The predicted molar refractivity (Wildman–Crippen MR) is 78.8 cm³/mol. The van der Waals surface area contributed by atoms with Crippen molar-refractivity contribution in [1.82, 2.24) is 15.0 Å². The van der Waals surface area contributed by atoms with Crippen LogP contribution in [0.25, 0.3) is 0 Å². The first-order valence-corrected chi connectivity index (χ1v) is 7.51. The van der Waals surface area contributed by atoms with Crippen LogP contribution >= 0.6 is 0 Å². The van der Waals surface area contributed by atoms with Crippen molar-refractivity contribution >= 4 is 0 Å². The van der Waals surface area contributed by atoms with E-state index >= 15 is 0 Å². The maximum atomic E-state index is 5.90. The van der Waals surface area contributed by atoms with Gasteiger partial charge in [0.05, 0.1) is 18.8 Å². The smallest absolute Gasteiger partial charge is 0.243 e. The van der Waals surface area contributed by atoms with Gasteiger partial charge in [0, 0.05) is 19.5 Å². The SMILES string of the molecule is CCc1noc(C(C)N2CCOC(c3ccccc3)C2)n1. The number of hydrogen-bond acceptors (Lipinski definition) is 5. The fourth-order valence-corrected chi connectivity index (χ4v) is 2.63. The summed E-state index contributed by atoms with van der Waals surface area (Å²) in [6.45, 7) is 6.59. The Labute approximate surface area is 124 Å². The van der Waals surface area contributed by atoms with Gasteiger partial charge in [0.1, 0.15) is 0 Å². The standard InChI is InChI=1S/C16H21N3O2/c1-3-15-17-16(21-18-15)12(2)19-9-10-20-14(11-19)13-7-5-4-6-8-13/h4-8,12,14H,3,9-11H2,1-2H3. The summed E-state index contributed by atoms with van der Waals surface area (Å²) in [5.41, 5.74) is 1.22. The summed E-state index contributed by atoms with van der Waals surface area (Å²) in [5.74, 6) is 1.46. The van der Waals surface area contributed by atoms with E-state index in [2.05, 4.69) is 34.1 Å². The van der Waals surface area contributed by atoms with Crippen LogP contribution in [0, 0.1) is 0 Å². The summed E-state index contributed by atoms with van der Waals surface area (Å²) in [4.78, 5) is 6.78. The first kappa shape index (κ1) is 14.2. The number of hydrogen-bond donors (Lipinski definition) is 0. The molecule has 0 aliphatic carbocycles. The summed E-state index contributed by atoms with van der Waals surface area (Å²) in [6, 6.07) is 10.5. The molecule has 2 heterocycles. The van der Waals surface area contributed by atoms with E-state index in [1.54, 1.807) is 0 Å². The van der Waals surface area contributed by atoms with E-state index < -0.39 is 0 Å². The Morgan fingerprint density at radius 1 is 1.33 bits per heavy atom. The Kier molecular flexibility index (Phi) is 4.31. The van der Waals surface area contributed by atoms with E-state index in [0.29, 0.717) is 5.89 Å². The van der Waals surface area contributed by atoms with Crippen LogP contribution in [-0.2, 0) is 11.2 Å². The number of rotatable bonds is 4. The molecule has 21 heavy (non-hydrogen) atoms. The summed E-state index contributed by atoms with van der Waals surface area (Å²) >= 11 is 0.